The maximum atomic E-state index is 11.8. The largest absolute Gasteiger partial charge is 0.464 e. The van der Waals surface area contributed by atoms with Crippen molar-refractivity contribution in [2.24, 2.45) is 0 Å². The van der Waals surface area contributed by atoms with Gasteiger partial charge in [-0.3, -0.25) is 0 Å². The predicted molar refractivity (Wildman–Crippen MR) is 55.3 cm³/mol. The van der Waals surface area contributed by atoms with Gasteiger partial charge in [0.2, 0.25) is 5.60 Å². The lowest BCUT2D eigenvalue weighted by atomic mass is 9.96. The Hall–Kier alpha value is -1.35. The van der Waals surface area contributed by atoms with Crippen molar-refractivity contribution < 1.29 is 14.3 Å². The molecule has 3 nitrogen and oxygen atoms in total. The minimum atomic E-state index is -0.850. The lowest BCUT2D eigenvalue weighted by Gasteiger charge is -2.11. The topological polar surface area (TPSA) is 38.8 Å². The van der Waals surface area contributed by atoms with Crippen LogP contribution in [0.25, 0.3) is 0 Å². The van der Waals surface area contributed by atoms with Gasteiger partial charge in [-0.1, -0.05) is 30.3 Å². The van der Waals surface area contributed by atoms with Crippen molar-refractivity contribution in [3.63, 3.8) is 0 Å². The molecule has 1 fully saturated rings. The van der Waals surface area contributed by atoms with Crippen molar-refractivity contribution in [1.29, 1.82) is 0 Å². The highest BCUT2D eigenvalue weighted by molar-refractivity contribution is 5.85. The summed E-state index contributed by atoms with van der Waals surface area (Å²) < 4.78 is 10.5. The van der Waals surface area contributed by atoms with Crippen LogP contribution in [-0.4, -0.2) is 18.7 Å². The van der Waals surface area contributed by atoms with Crippen LogP contribution in [0.5, 0.6) is 0 Å². The molecule has 2 rings (SSSR count). The van der Waals surface area contributed by atoms with E-state index < -0.39 is 5.60 Å². The molecule has 0 saturated carbocycles. The van der Waals surface area contributed by atoms with Gasteiger partial charge in [0.1, 0.15) is 6.10 Å². The van der Waals surface area contributed by atoms with Crippen LogP contribution in [0.2, 0.25) is 0 Å². The highest BCUT2D eigenvalue weighted by Gasteiger charge is 2.62. The molecule has 0 bridgehead atoms. The summed E-state index contributed by atoms with van der Waals surface area (Å²) in [4.78, 5) is 11.8. The summed E-state index contributed by atoms with van der Waals surface area (Å²) in [5, 5.41) is 0. The van der Waals surface area contributed by atoms with Crippen molar-refractivity contribution in [3.05, 3.63) is 35.9 Å². The quantitative estimate of drug-likeness (QED) is 0.559. The normalized spacial score (nSPS) is 28.5. The molecule has 1 heterocycles. The first-order chi connectivity index (χ1) is 7.21. The number of carbonyl (C=O) groups excluding carboxylic acids is 1. The molecular weight excluding hydrogens is 192 g/mol. The Kier molecular flexibility index (Phi) is 2.49. The summed E-state index contributed by atoms with van der Waals surface area (Å²) in [6, 6.07) is 9.48. The fourth-order valence-electron chi connectivity index (χ4n) is 1.80. The average molecular weight is 206 g/mol. The summed E-state index contributed by atoms with van der Waals surface area (Å²) in [6.45, 7) is 4.05. The number of ether oxygens (including phenoxy) is 2. The number of carbonyl (C=O) groups is 1. The Morgan fingerprint density at radius 1 is 1.47 bits per heavy atom. The Bertz CT molecular complexity index is 360. The third kappa shape index (κ3) is 1.53. The predicted octanol–water partition coefficient (Wildman–Crippen LogP) is 1.86. The Morgan fingerprint density at radius 2 is 2.07 bits per heavy atom. The van der Waals surface area contributed by atoms with E-state index >= 15 is 0 Å². The molecule has 1 aromatic carbocycles. The van der Waals surface area contributed by atoms with Gasteiger partial charge in [-0.25, -0.2) is 4.79 Å². The molecule has 2 atom stereocenters. The van der Waals surface area contributed by atoms with Crippen LogP contribution in [0.3, 0.4) is 0 Å². The molecule has 15 heavy (non-hydrogen) atoms. The number of hydrogen-bond acceptors (Lipinski definition) is 3. The molecule has 1 aliphatic heterocycles. The maximum Gasteiger partial charge on any atom is 0.345 e. The molecule has 0 N–H and O–H groups in total. The number of esters is 1. The number of benzene rings is 1. The molecule has 80 valence electrons. The molecule has 0 spiro atoms. The second-order valence-corrected chi connectivity index (χ2v) is 3.58. The molecule has 0 aromatic heterocycles. The number of epoxide rings is 1. The first kappa shape index (κ1) is 10.2. The highest BCUT2D eigenvalue weighted by atomic mass is 16.7. The molecule has 0 amide bonds. The Morgan fingerprint density at radius 3 is 2.53 bits per heavy atom. The highest BCUT2D eigenvalue weighted by Crippen LogP contribution is 2.46. The molecule has 1 saturated heterocycles. The summed E-state index contributed by atoms with van der Waals surface area (Å²) in [5.41, 5.74) is 0.0213. The van der Waals surface area contributed by atoms with Crippen LogP contribution in [0.1, 0.15) is 19.4 Å². The zero-order chi connectivity index (χ0) is 10.9. The summed E-state index contributed by atoms with van der Waals surface area (Å²) in [6.07, 6.45) is -0.0982. The fourth-order valence-corrected chi connectivity index (χ4v) is 1.80. The second-order valence-electron chi connectivity index (χ2n) is 3.58. The lowest BCUT2D eigenvalue weighted by molar-refractivity contribution is -0.149. The van der Waals surface area contributed by atoms with E-state index in [1.165, 1.54) is 0 Å². The standard InChI is InChI=1S/C12H14O3/c1-3-14-11(13)12(9(2)15-12)10-7-5-4-6-8-10/h4-9H,3H2,1-2H3. The van der Waals surface area contributed by atoms with Gasteiger partial charge in [-0.15, -0.1) is 0 Å². The van der Waals surface area contributed by atoms with Crippen LogP contribution in [0.4, 0.5) is 0 Å². The average Bonchev–Trinajstić information content (AvgIpc) is 2.93. The van der Waals surface area contributed by atoms with Gasteiger partial charge in [0.05, 0.1) is 6.61 Å². The van der Waals surface area contributed by atoms with Crippen LogP contribution in [0, 0.1) is 0 Å². The van der Waals surface area contributed by atoms with Crippen molar-refractivity contribution in [3.8, 4) is 0 Å². The molecule has 1 aromatic rings. The van der Waals surface area contributed by atoms with Crippen LogP contribution >= 0.6 is 0 Å². The van der Waals surface area contributed by atoms with Crippen LogP contribution < -0.4 is 0 Å². The van der Waals surface area contributed by atoms with Gasteiger partial charge in [0.25, 0.3) is 0 Å². The molecule has 0 radical (unpaired) electrons. The molecule has 3 heteroatoms. The van der Waals surface area contributed by atoms with E-state index in [0.717, 1.165) is 5.56 Å². The molecule has 1 aliphatic rings. The molecule has 0 aliphatic carbocycles. The smallest absolute Gasteiger partial charge is 0.345 e. The van der Waals surface area contributed by atoms with E-state index in [4.69, 9.17) is 9.47 Å². The Labute approximate surface area is 89.0 Å². The third-order valence-corrected chi connectivity index (χ3v) is 2.66. The minimum Gasteiger partial charge on any atom is -0.464 e. The van der Waals surface area contributed by atoms with Gasteiger partial charge in [-0.05, 0) is 19.4 Å². The van der Waals surface area contributed by atoms with E-state index in [2.05, 4.69) is 0 Å². The number of rotatable bonds is 3. The van der Waals surface area contributed by atoms with Crippen molar-refractivity contribution in [2.45, 2.75) is 25.6 Å². The minimum absolute atomic E-state index is 0.0982. The fraction of sp³-hybridized carbons (Fsp3) is 0.417. The lowest BCUT2D eigenvalue weighted by Crippen LogP contribution is -2.26. The molecular formula is C12H14O3. The van der Waals surface area contributed by atoms with Gasteiger partial charge < -0.3 is 9.47 Å². The summed E-state index contributed by atoms with van der Waals surface area (Å²) in [5.74, 6) is -0.288. The Balaban J connectivity index is 2.28. The zero-order valence-electron chi connectivity index (χ0n) is 8.90. The van der Waals surface area contributed by atoms with Gasteiger partial charge in [-0.2, -0.15) is 0 Å². The van der Waals surface area contributed by atoms with E-state index in [9.17, 15) is 4.79 Å². The zero-order valence-corrected chi connectivity index (χ0v) is 8.90. The summed E-state index contributed by atoms with van der Waals surface area (Å²) >= 11 is 0. The van der Waals surface area contributed by atoms with Gasteiger partial charge >= 0.3 is 5.97 Å². The van der Waals surface area contributed by atoms with Crippen molar-refractivity contribution in [1.82, 2.24) is 0 Å². The first-order valence-corrected chi connectivity index (χ1v) is 5.12. The van der Waals surface area contributed by atoms with Gasteiger partial charge in [0, 0.05) is 0 Å². The number of hydrogen-bond donors (Lipinski definition) is 0. The van der Waals surface area contributed by atoms with E-state index in [1.54, 1.807) is 6.92 Å². The van der Waals surface area contributed by atoms with Gasteiger partial charge in [0.15, 0.2) is 0 Å². The molecule has 2 unspecified atom stereocenters. The SMILES string of the molecule is CCOC(=O)C1(c2ccccc2)OC1C. The third-order valence-electron chi connectivity index (χ3n) is 2.66. The second kappa shape index (κ2) is 3.66. The van der Waals surface area contributed by atoms with Crippen LogP contribution in [0.15, 0.2) is 30.3 Å². The van der Waals surface area contributed by atoms with Crippen LogP contribution in [-0.2, 0) is 19.9 Å². The maximum absolute atomic E-state index is 11.8. The van der Waals surface area contributed by atoms with E-state index in [1.807, 2.05) is 37.3 Å². The van der Waals surface area contributed by atoms with E-state index in [-0.39, 0.29) is 12.1 Å². The first-order valence-electron chi connectivity index (χ1n) is 5.12. The summed E-state index contributed by atoms with van der Waals surface area (Å²) in [7, 11) is 0. The van der Waals surface area contributed by atoms with E-state index in [0.29, 0.717) is 6.61 Å². The van der Waals surface area contributed by atoms with Crippen molar-refractivity contribution >= 4 is 5.97 Å². The monoisotopic (exact) mass is 206 g/mol. The van der Waals surface area contributed by atoms with Crippen molar-refractivity contribution in [2.75, 3.05) is 6.61 Å².